The Balaban J connectivity index is 3.24. The molecule has 1 heterocycles. The quantitative estimate of drug-likeness (QED) is 0.732. The second kappa shape index (κ2) is 3.94. The van der Waals surface area contributed by atoms with E-state index in [0.29, 0.717) is 12.2 Å². The van der Waals surface area contributed by atoms with Crippen LogP contribution in [0.25, 0.3) is 0 Å². The van der Waals surface area contributed by atoms with Crippen LogP contribution in [0.5, 0.6) is 0 Å². The molecule has 0 aliphatic carbocycles. The average molecular weight is 261 g/mol. The first-order valence-corrected chi connectivity index (χ1v) is 4.45. The fourth-order valence-electron chi connectivity index (χ4n) is 1.34. The Morgan fingerprint density at radius 1 is 1.12 bits per heavy atom. The monoisotopic (exact) mass is 261 g/mol. The molecule has 0 aromatic carbocycles. The number of likely N-dealkylation sites (N-methyl/N-ethyl adjacent to an activating group) is 1. The number of halogens is 6. The van der Waals surface area contributed by atoms with Crippen molar-refractivity contribution in [3.8, 4) is 0 Å². The van der Waals surface area contributed by atoms with Crippen LogP contribution in [-0.4, -0.2) is 41.6 Å². The minimum Gasteiger partial charge on any atom is -0.377 e. The maximum absolute atomic E-state index is 12.4. The van der Waals surface area contributed by atoms with Gasteiger partial charge in [0, 0.05) is 19.2 Å². The van der Waals surface area contributed by atoms with Crippen LogP contribution in [0.4, 0.5) is 26.3 Å². The van der Waals surface area contributed by atoms with Crippen molar-refractivity contribution in [3.05, 3.63) is 23.9 Å². The Morgan fingerprint density at radius 3 is 1.88 bits per heavy atom. The van der Waals surface area contributed by atoms with E-state index < -0.39 is 23.5 Å². The molecule has 0 unspecified atom stereocenters. The molecular formula is C9H9F6NO. The third-order valence-corrected chi connectivity index (χ3v) is 2.35. The van der Waals surface area contributed by atoms with Gasteiger partial charge in [0.25, 0.3) is 5.60 Å². The Bertz CT molecular complexity index is 339. The number of hydrogen-bond donors (Lipinski definition) is 1. The van der Waals surface area contributed by atoms with Crippen LogP contribution in [0.2, 0.25) is 0 Å². The molecular weight excluding hydrogens is 252 g/mol. The van der Waals surface area contributed by atoms with Gasteiger partial charge in [-0.1, -0.05) is 6.08 Å². The van der Waals surface area contributed by atoms with Crippen molar-refractivity contribution in [2.24, 2.45) is 0 Å². The van der Waals surface area contributed by atoms with Crippen LogP contribution < -0.4 is 0 Å². The maximum atomic E-state index is 12.4. The minimum absolute atomic E-state index is 0.139. The van der Waals surface area contributed by atoms with Crippen molar-refractivity contribution in [3.63, 3.8) is 0 Å². The van der Waals surface area contributed by atoms with Crippen LogP contribution in [0.1, 0.15) is 0 Å². The molecule has 0 fully saturated rings. The van der Waals surface area contributed by atoms with Crippen molar-refractivity contribution >= 4 is 0 Å². The predicted molar refractivity (Wildman–Crippen MR) is 46.9 cm³/mol. The maximum Gasteiger partial charge on any atom is 0.430 e. The number of aliphatic hydroxyl groups is 1. The van der Waals surface area contributed by atoms with Gasteiger partial charge in [-0.2, -0.15) is 26.3 Å². The fraction of sp³-hybridized carbons (Fsp3) is 0.556. The van der Waals surface area contributed by atoms with E-state index in [1.165, 1.54) is 11.9 Å². The van der Waals surface area contributed by atoms with E-state index >= 15 is 0 Å². The molecule has 1 aliphatic heterocycles. The second-order valence-corrected chi connectivity index (χ2v) is 3.62. The summed E-state index contributed by atoms with van der Waals surface area (Å²) in [7, 11) is 1.48. The van der Waals surface area contributed by atoms with Gasteiger partial charge in [0.15, 0.2) is 0 Å². The Kier molecular flexibility index (Phi) is 3.21. The molecule has 0 atom stereocenters. The predicted octanol–water partition coefficient (Wildman–Crippen LogP) is 2.23. The lowest BCUT2D eigenvalue weighted by Gasteiger charge is -2.35. The summed E-state index contributed by atoms with van der Waals surface area (Å²) < 4.78 is 74.5. The highest BCUT2D eigenvalue weighted by Gasteiger charge is 2.71. The summed E-state index contributed by atoms with van der Waals surface area (Å²) in [5.41, 5.74) is -6.03. The highest BCUT2D eigenvalue weighted by molar-refractivity contribution is 5.35. The second-order valence-electron chi connectivity index (χ2n) is 3.62. The molecule has 0 radical (unpaired) electrons. The first-order valence-electron chi connectivity index (χ1n) is 4.45. The minimum atomic E-state index is -5.82. The van der Waals surface area contributed by atoms with E-state index in [9.17, 15) is 26.3 Å². The summed E-state index contributed by atoms with van der Waals surface area (Å²) in [6.45, 7) is -0.139. The van der Waals surface area contributed by atoms with E-state index in [1.54, 1.807) is 0 Å². The lowest BCUT2D eigenvalue weighted by atomic mass is 9.90. The van der Waals surface area contributed by atoms with Crippen LogP contribution in [0, 0.1) is 0 Å². The van der Waals surface area contributed by atoms with Crippen molar-refractivity contribution in [1.29, 1.82) is 0 Å². The van der Waals surface area contributed by atoms with Crippen molar-refractivity contribution in [2.45, 2.75) is 18.0 Å². The molecule has 1 aliphatic rings. The summed E-state index contributed by atoms with van der Waals surface area (Å²) in [5, 5.41) is 9.01. The lowest BCUT2D eigenvalue weighted by Crippen LogP contribution is -2.58. The zero-order valence-corrected chi connectivity index (χ0v) is 8.60. The standard InChI is InChI=1S/C9H9F6NO/c1-16-4-2-6(3-5-16)7(17,8(10,11)12)9(13,14)15/h2-4,17H,5H2,1H3. The molecule has 2 nitrogen and oxygen atoms in total. The first-order chi connectivity index (χ1) is 7.50. The topological polar surface area (TPSA) is 23.5 Å². The molecule has 0 aromatic rings. The van der Waals surface area contributed by atoms with Gasteiger partial charge >= 0.3 is 12.4 Å². The Morgan fingerprint density at radius 2 is 1.59 bits per heavy atom. The van der Waals surface area contributed by atoms with Crippen molar-refractivity contribution in [2.75, 3.05) is 13.6 Å². The van der Waals surface area contributed by atoms with Gasteiger partial charge in [-0.05, 0) is 12.3 Å². The van der Waals surface area contributed by atoms with Gasteiger partial charge < -0.3 is 10.0 Å². The number of rotatable bonds is 1. The molecule has 1 rings (SSSR count). The zero-order valence-electron chi connectivity index (χ0n) is 8.60. The third kappa shape index (κ3) is 2.26. The fourth-order valence-corrected chi connectivity index (χ4v) is 1.34. The Hall–Kier alpha value is -1.18. The number of alkyl halides is 6. The summed E-state index contributed by atoms with van der Waals surface area (Å²) in [5.74, 6) is 0. The van der Waals surface area contributed by atoms with Crippen molar-refractivity contribution < 1.29 is 31.4 Å². The molecule has 0 spiro atoms. The van der Waals surface area contributed by atoms with Gasteiger partial charge in [0.2, 0.25) is 0 Å². The van der Waals surface area contributed by atoms with E-state index in [2.05, 4.69) is 0 Å². The summed E-state index contributed by atoms with van der Waals surface area (Å²) in [6.07, 6.45) is -9.31. The number of hydrogen-bond acceptors (Lipinski definition) is 2. The van der Waals surface area contributed by atoms with Gasteiger partial charge in [-0.15, -0.1) is 0 Å². The molecule has 0 amide bonds. The summed E-state index contributed by atoms with van der Waals surface area (Å²) in [4.78, 5) is 1.37. The molecule has 98 valence electrons. The lowest BCUT2D eigenvalue weighted by molar-refractivity contribution is -0.351. The number of nitrogens with zero attached hydrogens (tertiary/aromatic N) is 1. The van der Waals surface area contributed by atoms with Gasteiger partial charge in [-0.3, -0.25) is 0 Å². The Labute approximate surface area is 92.8 Å². The van der Waals surface area contributed by atoms with E-state index in [-0.39, 0.29) is 6.54 Å². The average Bonchev–Trinajstić information content (AvgIpc) is 2.14. The normalized spacial score (nSPS) is 18.4. The van der Waals surface area contributed by atoms with E-state index in [4.69, 9.17) is 5.11 Å². The molecule has 8 heteroatoms. The molecule has 1 N–H and O–H groups in total. The highest BCUT2D eigenvalue weighted by Crippen LogP contribution is 2.48. The van der Waals surface area contributed by atoms with Crippen LogP contribution in [-0.2, 0) is 0 Å². The van der Waals surface area contributed by atoms with Gasteiger partial charge in [0.05, 0.1) is 0 Å². The zero-order chi connectivity index (χ0) is 13.5. The van der Waals surface area contributed by atoms with E-state index in [0.717, 1.165) is 6.20 Å². The highest BCUT2D eigenvalue weighted by atomic mass is 19.4. The van der Waals surface area contributed by atoms with E-state index in [1.807, 2.05) is 0 Å². The first kappa shape index (κ1) is 13.9. The van der Waals surface area contributed by atoms with Crippen LogP contribution in [0.3, 0.4) is 0 Å². The molecule has 0 bridgehead atoms. The molecule has 0 saturated carbocycles. The van der Waals surface area contributed by atoms with Crippen LogP contribution in [0.15, 0.2) is 23.9 Å². The smallest absolute Gasteiger partial charge is 0.377 e. The third-order valence-electron chi connectivity index (χ3n) is 2.35. The molecule has 0 aromatic heterocycles. The van der Waals surface area contributed by atoms with Gasteiger partial charge in [-0.25, -0.2) is 0 Å². The van der Waals surface area contributed by atoms with Crippen molar-refractivity contribution in [1.82, 2.24) is 4.90 Å². The largest absolute Gasteiger partial charge is 0.430 e. The van der Waals surface area contributed by atoms with Crippen LogP contribution >= 0.6 is 0 Å². The molecule has 0 saturated heterocycles. The SMILES string of the molecule is CN1C=CC(C(O)(C(F)(F)F)C(F)(F)F)=CC1. The summed E-state index contributed by atoms with van der Waals surface area (Å²) in [6, 6.07) is 0. The van der Waals surface area contributed by atoms with Gasteiger partial charge in [0.1, 0.15) is 0 Å². The summed E-state index contributed by atoms with van der Waals surface area (Å²) >= 11 is 0. The molecule has 17 heavy (non-hydrogen) atoms.